The molecule has 1 aliphatic heterocycles. The highest BCUT2D eigenvalue weighted by Crippen LogP contribution is 2.32. The summed E-state index contributed by atoms with van der Waals surface area (Å²) in [5.41, 5.74) is 5.63. The number of aryl methyl sites for hydroxylation is 1. The molecule has 0 aliphatic carbocycles. The molecule has 218 valence electrons. The van der Waals surface area contributed by atoms with E-state index in [0.29, 0.717) is 27.2 Å². The predicted octanol–water partition coefficient (Wildman–Crippen LogP) is 5.76. The van der Waals surface area contributed by atoms with E-state index in [9.17, 15) is 9.59 Å². The second-order valence-electron chi connectivity index (χ2n) is 10.5. The van der Waals surface area contributed by atoms with E-state index in [1.54, 1.807) is 18.4 Å². The van der Waals surface area contributed by atoms with Crippen LogP contribution in [0.4, 0.5) is 0 Å². The molecule has 3 aromatic carbocycles. The van der Waals surface area contributed by atoms with Crippen molar-refractivity contribution in [2.75, 3.05) is 13.2 Å². The average Bonchev–Trinajstić information content (AvgIpc) is 3.46. The second kappa shape index (κ2) is 11.5. The smallest absolute Gasteiger partial charge is 0.338 e. The van der Waals surface area contributed by atoms with Gasteiger partial charge in [0.15, 0.2) is 4.80 Å². The molecule has 0 radical (unpaired) electrons. The fourth-order valence-corrected chi connectivity index (χ4v) is 6.91. The fourth-order valence-electron chi connectivity index (χ4n) is 5.87. The zero-order chi connectivity index (χ0) is 30.2. The van der Waals surface area contributed by atoms with Crippen molar-refractivity contribution in [1.82, 2.24) is 9.13 Å². The Labute approximate surface area is 253 Å². The van der Waals surface area contributed by atoms with Crippen LogP contribution < -0.4 is 19.6 Å². The standard InChI is InChI=1S/C35H33N3O4S/c1-6-41-27-17-15-25(16-18-27)32-31(34(40)42-7-2)22(4)36-35-38(32)33(39)30(43-35)20-26-19-21(3)37(23(26)5)29-14-10-12-24-11-8-9-13-28(24)29/h8-20,32H,6-7H2,1-5H3/b30-20-/t32-/m1/s1. The number of allylic oxidation sites excluding steroid dienone is 1. The zero-order valence-corrected chi connectivity index (χ0v) is 25.7. The topological polar surface area (TPSA) is 74.8 Å². The van der Waals surface area contributed by atoms with Crippen molar-refractivity contribution in [3.8, 4) is 11.4 Å². The minimum absolute atomic E-state index is 0.202. The third-order valence-corrected chi connectivity index (χ3v) is 8.77. The van der Waals surface area contributed by atoms with Gasteiger partial charge in [0.2, 0.25) is 0 Å². The number of benzene rings is 3. The van der Waals surface area contributed by atoms with E-state index in [1.165, 1.54) is 16.7 Å². The SMILES string of the molecule is CCOC(=O)C1=C(C)N=c2s/c(=C\c3cc(C)n(-c4cccc5ccccc45)c3C)c(=O)n2[C@@H]1c1ccc(OCC)cc1. The maximum Gasteiger partial charge on any atom is 0.338 e. The van der Waals surface area contributed by atoms with E-state index >= 15 is 0 Å². The number of fused-ring (bicyclic) bond motifs is 2. The molecule has 0 N–H and O–H groups in total. The van der Waals surface area contributed by atoms with Crippen molar-refractivity contribution >= 4 is 34.2 Å². The largest absolute Gasteiger partial charge is 0.494 e. The Morgan fingerprint density at radius 1 is 0.977 bits per heavy atom. The Morgan fingerprint density at radius 3 is 2.47 bits per heavy atom. The molecule has 7 nitrogen and oxygen atoms in total. The Balaban J connectivity index is 1.51. The molecule has 8 heteroatoms. The highest BCUT2D eigenvalue weighted by atomic mass is 32.1. The Morgan fingerprint density at radius 2 is 1.72 bits per heavy atom. The van der Waals surface area contributed by atoms with Crippen LogP contribution in [0.25, 0.3) is 22.5 Å². The number of thiazole rings is 1. The molecule has 0 saturated carbocycles. The first-order chi connectivity index (χ1) is 20.8. The predicted molar refractivity (Wildman–Crippen MR) is 171 cm³/mol. The molecule has 1 aliphatic rings. The summed E-state index contributed by atoms with van der Waals surface area (Å²) in [6.07, 6.45) is 1.94. The quantitative estimate of drug-likeness (QED) is 0.226. The van der Waals surface area contributed by atoms with Crippen LogP contribution in [0.1, 0.15) is 49.3 Å². The van der Waals surface area contributed by atoms with Gasteiger partial charge in [0.1, 0.15) is 5.75 Å². The van der Waals surface area contributed by atoms with Crippen LogP contribution >= 0.6 is 11.3 Å². The number of carbonyl (C=O) groups is 1. The summed E-state index contributed by atoms with van der Waals surface area (Å²) in [6, 6.07) is 23.6. The number of aromatic nitrogens is 2. The summed E-state index contributed by atoms with van der Waals surface area (Å²) in [6.45, 7) is 10.4. The molecule has 6 rings (SSSR count). The third kappa shape index (κ3) is 5.02. The summed E-state index contributed by atoms with van der Waals surface area (Å²) in [7, 11) is 0. The number of nitrogens with zero attached hydrogens (tertiary/aromatic N) is 3. The number of hydrogen-bond donors (Lipinski definition) is 0. The van der Waals surface area contributed by atoms with Crippen molar-refractivity contribution in [2.24, 2.45) is 4.99 Å². The van der Waals surface area contributed by atoms with Crippen LogP contribution in [0.15, 0.2) is 93.9 Å². The van der Waals surface area contributed by atoms with Crippen molar-refractivity contribution in [1.29, 1.82) is 0 Å². The summed E-state index contributed by atoms with van der Waals surface area (Å²) >= 11 is 1.33. The number of ether oxygens (including phenoxy) is 2. The summed E-state index contributed by atoms with van der Waals surface area (Å²) < 4.78 is 15.5. The van der Waals surface area contributed by atoms with Crippen LogP contribution in [0.5, 0.6) is 5.75 Å². The number of carbonyl (C=O) groups excluding carboxylic acids is 1. The fraction of sp³-hybridized carbons (Fsp3) is 0.229. The summed E-state index contributed by atoms with van der Waals surface area (Å²) in [4.78, 5) is 32.6. The lowest BCUT2D eigenvalue weighted by atomic mass is 9.96. The third-order valence-electron chi connectivity index (χ3n) is 7.79. The molecule has 0 unspecified atom stereocenters. The van der Waals surface area contributed by atoms with Crippen LogP contribution in [0, 0.1) is 13.8 Å². The molecule has 3 heterocycles. The second-order valence-corrected chi connectivity index (χ2v) is 11.5. The number of esters is 1. The van der Waals surface area contributed by atoms with E-state index in [1.807, 2.05) is 43.3 Å². The van der Waals surface area contributed by atoms with Gasteiger partial charge in [-0.15, -0.1) is 0 Å². The van der Waals surface area contributed by atoms with E-state index in [-0.39, 0.29) is 12.2 Å². The summed E-state index contributed by atoms with van der Waals surface area (Å²) in [5.74, 6) is 0.245. The molecule has 43 heavy (non-hydrogen) atoms. The lowest BCUT2D eigenvalue weighted by molar-refractivity contribution is -0.139. The van der Waals surface area contributed by atoms with Crippen LogP contribution in [0.2, 0.25) is 0 Å². The minimum atomic E-state index is -0.670. The van der Waals surface area contributed by atoms with Gasteiger partial charge in [0.25, 0.3) is 5.56 Å². The molecular formula is C35H33N3O4S. The average molecular weight is 592 g/mol. The van der Waals surface area contributed by atoms with Gasteiger partial charge in [0.05, 0.1) is 40.7 Å². The molecule has 0 bridgehead atoms. The maximum absolute atomic E-state index is 14.1. The van der Waals surface area contributed by atoms with Gasteiger partial charge < -0.3 is 14.0 Å². The first-order valence-corrected chi connectivity index (χ1v) is 15.2. The molecular weight excluding hydrogens is 558 g/mol. The molecule has 0 amide bonds. The van der Waals surface area contributed by atoms with E-state index in [2.05, 4.69) is 60.9 Å². The molecule has 0 saturated heterocycles. The maximum atomic E-state index is 14.1. The van der Waals surface area contributed by atoms with Gasteiger partial charge in [-0.25, -0.2) is 9.79 Å². The number of hydrogen-bond acceptors (Lipinski definition) is 6. The summed E-state index contributed by atoms with van der Waals surface area (Å²) in [5, 5.41) is 2.33. The van der Waals surface area contributed by atoms with E-state index in [0.717, 1.165) is 39.3 Å². The first kappa shape index (κ1) is 28.4. The number of rotatable bonds is 7. The van der Waals surface area contributed by atoms with Gasteiger partial charge in [-0.3, -0.25) is 9.36 Å². The van der Waals surface area contributed by atoms with E-state index < -0.39 is 12.0 Å². The Hall–Kier alpha value is -4.69. The molecule has 1 atom stereocenters. The van der Waals surface area contributed by atoms with Gasteiger partial charge in [-0.1, -0.05) is 59.9 Å². The molecule has 0 spiro atoms. The van der Waals surface area contributed by atoms with Crippen molar-refractivity contribution in [3.63, 3.8) is 0 Å². The molecule has 5 aromatic rings. The first-order valence-electron chi connectivity index (χ1n) is 14.4. The van der Waals surface area contributed by atoms with Gasteiger partial charge in [-0.05, 0) is 81.5 Å². The normalized spacial score (nSPS) is 15.0. The zero-order valence-electron chi connectivity index (χ0n) is 24.9. The monoisotopic (exact) mass is 591 g/mol. The van der Waals surface area contributed by atoms with Crippen LogP contribution in [0.3, 0.4) is 0 Å². The van der Waals surface area contributed by atoms with Crippen LogP contribution in [-0.4, -0.2) is 28.3 Å². The highest BCUT2D eigenvalue weighted by Gasteiger charge is 2.33. The van der Waals surface area contributed by atoms with Gasteiger partial charge in [0, 0.05) is 16.8 Å². The van der Waals surface area contributed by atoms with Crippen molar-refractivity contribution in [3.05, 3.63) is 126 Å². The van der Waals surface area contributed by atoms with Gasteiger partial charge >= 0.3 is 5.97 Å². The van der Waals surface area contributed by atoms with Crippen molar-refractivity contribution < 1.29 is 14.3 Å². The molecule has 2 aromatic heterocycles. The Bertz CT molecular complexity index is 2070. The van der Waals surface area contributed by atoms with E-state index in [4.69, 9.17) is 14.5 Å². The molecule has 0 fully saturated rings. The van der Waals surface area contributed by atoms with Gasteiger partial charge in [-0.2, -0.15) is 0 Å². The lowest BCUT2D eigenvalue weighted by Crippen LogP contribution is -2.39. The van der Waals surface area contributed by atoms with Crippen LogP contribution in [-0.2, 0) is 9.53 Å². The minimum Gasteiger partial charge on any atom is -0.494 e. The highest BCUT2D eigenvalue weighted by molar-refractivity contribution is 7.07. The van der Waals surface area contributed by atoms with Crippen molar-refractivity contribution in [2.45, 2.75) is 40.7 Å². The lowest BCUT2D eigenvalue weighted by Gasteiger charge is -2.24. The Kier molecular flexibility index (Phi) is 7.62.